The number of thiophene rings is 1. The number of likely N-dealkylation sites (tertiary alicyclic amines) is 2. The monoisotopic (exact) mass is 1040 g/mol. The van der Waals surface area contributed by atoms with Crippen molar-refractivity contribution in [1.82, 2.24) is 20.4 Å². The van der Waals surface area contributed by atoms with Crippen LogP contribution >= 0.6 is 22.9 Å². The molecule has 4 aliphatic heterocycles. The molecule has 19 heteroatoms. The van der Waals surface area contributed by atoms with Gasteiger partial charge in [-0.3, -0.25) is 24.6 Å². The molecule has 5 N–H and O–H groups in total. The maximum Gasteiger partial charge on any atom is 0.328 e. The lowest BCUT2D eigenvalue weighted by Gasteiger charge is -2.43. The van der Waals surface area contributed by atoms with E-state index in [1.165, 1.54) is 29.2 Å². The molecule has 0 radical (unpaired) electrons. The lowest BCUT2D eigenvalue weighted by Crippen LogP contribution is -2.51. The standard InChI is InChI=1S/C54H57ClF4N6O7S/c1-29-43-41(26-38(57)47(55)46(43)45-35(51(60)68)11-12-40(48(45)58)71-24-23-66)72-54(29,32-5-3-2-4-6-32)28-61-33-9-7-31(8-10-33)52(69)64-20-15-34(16-21-64)63-18-13-30(14-19-63)44-37(56)25-36-39(27-73-50(36)49(44)59)65-22-17-42(67)62-53(65)70/h2-6,11-12,25-27,29-31,33-34,61,66H,7-10,13-24,28H2,1H3,(H2,60,68)(H,62,67,70). The van der Waals surface area contributed by atoms with Crippen LogP contribution < -0.4 is 30.7 Å². The van der Waals surface area contributed by atoms with Crippen LogP contribution in [0.15, 0.2) is 60.0 Å². The van der Waals surface area contributed by atoms with E-state index in [0.717, 1.165) is 42.6 Å². The number of aliphatic hydroxyl groups is 1. The van der Waals surface area contributed by atoms with Gasteiger partial charge in [0.15, 0.2) is 17.2 Å². The molecule has 3 saturated heterocycles. The number of urea groups is 1. The Bertz CT molecular complexity index is 2960. The van der Waals surface area contributed by atoms with Crippen molar-refractivity contribution in [2.75, 3.05) is 57.4 Å². The third-order valence-corrected chi connectivity index (χ3v) is 17.3. The summed E-state index contributed by atoms with van der Waals surface area (Å²) in [6, 6.07) is 14.2. The number of primary amides is 1. The van der Waals surface area contributed by atoms with E-state index in [1.807, 2.05) is 42.2 Å². The van der Waals surface area contributed by atoms with E-state index in [0.29, 0.717) is 73.2 Å². The van der Waals surface area contributed by atoms with Gasteiger partial charge in [0.05, 0.1) is 27.6 Å². The van der Waals surface area contributed by atoms with Gasteiger partial charge in [-0.2, -0.15) is 0 Å². The molecule has 4 aromatic carbocycles. The summed E-state index contributed by atoms with van der Waals surface area (Å²) in [7, 11) is 0. The maximum atomic E-state index is 16.5. The summed E-state index contributed by atoms with van der Waals surface area (Å²) >= 11 is 7.84. The number of fused-ring (bicyclic) bond motifs is 2. The number of hydrogen-bond acceptors (Lipinski definition) is 10. The third kappa shape index (κ3) is 9.42. The number of ether oxygens (including phenoxy) is 2. The molecule has 2 atom stereocenters. The molecule has 386 valence electrons. The zero-order valence-corrected chi connectivity index (χ0v) is 41.9. The fourth-order valence-electron chi connectivity index (χ4n) is 12.1. The molecule has 5 aliphatic rings. The second kappa shape index (κ2) is 20.8. The van der Waals surface area contributed by atoms with Gasteiger partial charge in [-0.1, -0.05) is 48.9 Å². The van der Waals surface area contributed by atoms with Crippen molar-refractivity contribution in [2.45, 2.75) is 94.2 Å². The molecule has 2 unspecified atom stereocenters. The molecule has 0 spiro atoms. The Hall–Kier alpha value is -5.79. The molecule has 5 amide bonds. The minimum atomic E-state index is -1.13. The van der Waals surface area contributed by atoms with Crippen molar-refractivity contribution < 1.29 is 51.3 Å². The number of hydrogen-bond donors (Lipinski definition) is 4. The van der Waals surface area contributed by atoms with Gasteiger partial charge in [0.25, 0.3) is 0 Å². The van der Waals surface area contributed by atoms with Crippen molar-refractivity contribution in [2.24, 2.45) is 11.7 Å². The van der Waals surface area contributed by atoms with Crippen LogP contribution in [0.2, 0.25) is 5.02 Å². The predicted molar refractivity (Wildman–Crippen MR) is 269 cm³/mol. The van der Waals surface area contributed by atoms with E-state index in [1.54, 1.807) is 5.38 Å². The summed E-state index contributed by atoms with van der Waals surface area (Å²) in [6.45, 7) is 4.32. The number of nitrogens with two attached hydrogens (primary N) is 1. The zero-order valence-electron chi connectivity index (χ0n) is 40.3. The average Bonchev–Trinajstić information content (AvgIpc) is 3.94. The Morgan fingerprint density at radius 1 is 0.904 bits per heavy atom. The quantitative estimate of drug-likeness (QED) is 0.0842. The van der Waals surface area contributed by atoms with E-state index in [-0.39, 0.29) is 95.6 Å². The number of anilines is 1. The van der Waals surface area contributed by atoms with Crippen LogP contribution in [-0.4, -0.2) is 103 Å². The highest BCUT2D eigenvalue weighted by molar-refractivity contribution is 7.17. The summed E-state index contributed by atoms with van der Waals surface area (Å²) in [4.78, 5) is 56.7. The smallest absolute Gasteiger partial charge is 0.328 e. The third-order valence-electron chi connectivity index (χ3n) is 16.0. The summed E-state index contributed by atoms with van der Waals surface area (Å²) in [6.07, 6.45) is 5.76. The van der Waals surface area contributed by atoms with Crippen molar-refractivity contribution in [3.63, 3.8) is 0 Å². The Labute approximate surface area is 428 Å². The highest BCUT2D eigenvalue weighted by Crippen LogP contribution is 2.57. The number of halogens is 5. The largest absolute Gasteiger partial charge is 0.488 e. The molecule has 0 bridgehead atoms. The van der Waals surface area contributed by atoms with Gasteiger partial charge in [-0.25, -0.2) is 22.4 Å². The molecule has 73 heavy (non-hydrogen) atoms. The normalized spacial score (nSPS) is 23.1. The molecule has 4 fully saturated rings. The maximum absolute atomic E-state index is 16.5. The lowest BCUT2D eigenvalue weighted by atomic mass is 9.77. The topological polar surface area (TPSA) is 167 Å². The Morgan fingerprint density at radius 2 is 1.63 bits per heavy atom. The van der Waals surface area contributed by atoms with Gasteiger partial charge in [-0.15, -0.1) is 11.3 Å². The molecule has 5 aromatic rings. The van der Waals surface area contributed by atoms with Crippen LogP contribution in [0.3, 0.4) is 0 Å². The molecular weight excluding hydrogens is 988 g/mol. The molecule has 1 aromatic heterocycles. The number of nitrogens with one attached hydrogen (secondary N) is 2. The first-order valence-corrected chi connectivity index (χ1v) is 26.3. The zero-order chi connectivity index (χ0) is 51.3. The Morgan fingerprint density at radius 3 is 2.32 bits per heavy atom. The van der Waals surface area contributed by atoms with Crippen LogP contribution in [0.25, 0.3) is 21.2 Å². The van der Waals surface area contributed by atoms with Gasteiger partial charge >= 0.3 is 6.03 Å². The number of aliphatic hydroxyl groups excluding tert-OH is 1. The number of piperidine rings is 2. The van der Waals surface area contributed by atoms with Crippen LogP contribution in [0.5, 0.6) is 11.5 Å². The fraction of sp³-hybridized carbons (Fsp3) is 0.444. The van der Waals surface area contributed by atoms with Gasteiger partial charge in [-0.05, 0) is 94.1 Å². The fourth-order valence-corrected chi connectivity index (χ4v) is 13.3. The van der Waals surface area contributed by atoms with Crippen molar-refractivity contribution >= 4 is 62.5 Å². The highest BCUT2D eigenvalue weighted by Gasteiger charge is 2.50. The van der Waals surface area contributed by atoms with Gasteiger partial charge < -0.3 is 35.4 Å². The van der Waals surface area contributed by atoms with E-state index in [4.69, 9.17) is 26.8 Å². The number of benzene rings is 4. The van der Waals surface area contributed by atoms with Crippen molar-refractivity contribution in [3.05, 3.63) is 111 Å². The van der Waals surface area contributed by atoms with Crippen LogP contribution in [0.4, 0.5) is 28.0 Å². The van der Waals surface area contributed by atoms with E-state index in [2.05, 4.69) is 15.5 Å². The molecular formula is C54H57ClF4N6O7S. The van der Waals surface area contributed by atoms with Crippen molar-refractivity contribution in [1.29, 1.82) is 0 Å². The van der Waals surface area contributed by atoms with E-state index < -0.39 is 58.4 Å². The number of carbonyl (C=O) groups excluding carboxylic acids is 4. The second-order valence-electron chi connectivity index (χ2n) is 19.9. The summed E-state index contributed by atoms with van der Waals surface area (Å²) < 4.78 is 76.8. The van der Waals surface area contributed by atoms with E-state index >= 15 is 17.6 Å². The summed E-state index contributed by atoms with van der Waals surface area (Å²) in [5, 5.41) is 16.9. The van der Waals surface area contributed by atoms with Gasteiger partial charge in [0.1, 0.15) is 29.8 Å². The number of carbonyl (C=O) groups is 4. The van der Waals surface area contributed by atoms with E-state index in [9.17, 15) is 24.3 Å². The van der Waals surface area contributed by atoms with Crippen LogP contribution in [0.1, 0.15) is 104 Å². The molecule has 5 heterocycles. The van der Waals surface area contributed by atoms with Crippen molar-refractivity contribution in [3.8, 4) is 22.6 Å². The molecule has 1 saturated carbocycles. The first kappa shape index (κ1) is 50.7. The van der Waals surface area contributed by atoms with Gasteiger partial charge in [0.2, 0.25) is 17.7 Å². The molecule has 10 rings (SSSR count). The minimum absolute atomic E-state index is 0.0272. The Kier molecular flexibility index (Phi) is 14.5. The average molecular weight is 1050 g/mol. The number of nitrogens with zero attached hydrogens (tertiary/aromatic N) is 3. The number of amides is 5. The van der Waals surface area contributed by atoms with Crippen LogP contribution in [0, 0.1) is 29.2 Å². The first-order chi connectivity index (χ1) is 35.2. The predicted octanol–water partition coefficient (Wildman–Crippen LogP) is 9.10. The lowest BCUT2D eigenvalue weighted by molar-refractivity contribution is -0.138. The molecule has 1 aliphatic carbocycles. The number of rotatable bonds is 13. The number of imide groups is 1. The van der Waals surface area contributed by atoms with Gasteiger partial charge in [0, 0.05) is 95.6 Å². The van der Waals surface area contributed by atoms with Crippen LogP contribution in [-0.2, 0) is 15.2 Å². The Balaban J connectivity index is 0.755. The highest BCUT2D eigenvalue weighted by atomic mass is 35.5. The minimum Gasteiger partial charge on any atom is -0.488 e. The molecule has 13 nitrogen and oxygen atoms in total. The SMILES string of the molecule is CC1c2c(cc(F)c(Cl)c2-c2c(C(N)=O)ccc(OCCO)c2F)OC1(CNC1CCC(C(=O)N2CCC(N3CCC(c4c(F)cc5c(N6CCC(=O)NC6=O)csc5c4F)CC3)CC2)CC1)c1ccccc1. The summed E-state index contributed by atoms with van der Waals surface area (Å²) in [5.74, 6) is -5.39. The summed E-state index contributed by atoms with van der Waals surface area (Å²) in [5.41, 5.74) is 5.64. The second-order valence-corrected chi connectivity index (χ2v) is 21.2. The first-order valence-electron chi connectivity index (χ1n) is 25.1.